The van der Waals surface area contributed by atoms with E-state index in [1.807, 2.05) is 0 Å². The number of hydrogen-bond acceptors (Lipinski definition) is 5. The Hall–Kier alpha value is -3.52. The fraction of sp³-hybridized carbons (Fsp3) is 0.346. The molecular formula is C26H23F6N5O2S. The Kier molecular flexibility index (Phi) is 7.33. The number of carbonyl (C=O) groups is 1. The molecule has 7 nitrogen and oxygen atoms in total. The molecule has 14 heteroatoms. The predicted octanol–water partition coefficient (Wildman–Crippen LogP) is 4.79. The summed E-state index contributed by atoms with van der Waals surface area (Å²) < 4.78 is 94.2. The van der Waals surface area contributed by atoms with Gasteiger partial charge in [0.05, 0.1) is 29.4 Å². The van der Waals surface area contributed by atoms with E-state index in [0.717, 1.165) is 32.0 Å². The van der Waals surface area contributed by atoms with Gasteiger partial charge in [0.15, 0.2) is 0 Å². The molecule has 0 aliphatic carbocycles. The lowest BCUT2D eigenvalue weighted by atomic mass is 10.0. The fourth-order valence-corrected chi connectivity index (χ4v) is 6.05. The number of fused-ring (bicyclic) bond motifs is 1. The molecule has 1 amide bonds. The second kappa shape index (κ2) is 10.5. The lowest BCUT2D eigenvalue weighted by molar-refractivity contribution is -0.143. The summed E-state index contributed by atoms with van der Waals surface area (Å²) in [6.07, 6.45) is -5.39. The van der Waals surface area contributed by atoms with Crippen LogP contribution in [0.5, 0.6) is 0 Å². The number of hydrogen-bond donors (Lipinski definition) is 1. The molecule has 2 aliphatic heterocycles. The summed E-state index contributed by atoms with van der Waals surface area (Å²) in [6.45, 7) is 1.21. The van der Waals surface area contributed by atoms with E-state index in [0.29, 0.717) is 22.5 Å². The van der Waals surface area contributed by atoms with Crippen molar-refractivity contribution >= 4 is 38.9 Å². The van der Waals surface area contributed by atoms with Crippen LogP contribution in [0.4, 0.5) is 26.3 Å². The van der Waals surface area contributed by atoms with Crippen molar-refractivity contribution in [3.63, 3.8) is 0 Å². The standard InChI is InChI=1S/C26H23F6N5O2S/c1-36(19-6-8-33-9-7-19)24-35-23(38)22(40(24)39)11-15-2-5-21-17(10-15)13-34-37(21)14-16-3-4-18(25(27,28)29)12-20(16)26(30,31)32/h2-5,10-13,19,33H,6-9,14H2,1H3. The monoisotopic (exact) mass is 583 g/mol. The number of carbonyl (C=O) groups excluding carboxylic acids is 1. The zero-order valence-electron chi connectivity index (χ0n) is 21.0. The Labute approximate surface area is 227 Å². The number of alkyl halides is 6. The van der Waals surface area contributed by atoms with Crippen molar-refractivity contribution in [2.75, 3.05) is 20.1 Å². The second-order valence-corrected chi connectivity index (χ2v) is 10.9. The van der Waals surface area contributed by atoms with E-state index in [1.54, 1.807) is 30.1 Å². The predicted molar refractivity (Wildman–Crippen MR) is 137 cm³/mol. The molecule has 1 fully saturated rings. The van der Waals surface area contributed by atoms with Crippen LogP contribution in [-0.2, 0) is 34.5 Å². The lowest BCUT2D eigenvalue weighted by Crippen LogP contribution is -2.44. The molecule has 2 aliphatic rings. The fourth-order valence-electron chi connectivity index (χ4n) is 4.82. The highest BCUT2D eigenvalue weighted by Gasteiger charge is 2.38. The van der Waals surface area contributed by atoms with Gasteiger partial charge < -0.3 is 10.2 Å². The van der Waals surface area contributed by atoms with Gasteiger partial charge in [-0.25, -0.2) is 4.21 Å². The number of piperidine rings is 1. The van der Waals surface area contributed by atoms with Crippen molar-refractivity contribution in [2.45, 2.75) is 37.8 Å². The first kappa shape index (κ1) is 28.0. The van der Waals surface area contributed by atoms with Crippen LogP contribution in [0.15, 0.2) is 52.5 Å². The maximum atomic E-state index is 13.6. The van der Waals surface area contributed by atoms with Crippen LogP contribution < -0.4 is 5.32 Å². The molecule has 0 radical (unpaired) electrons. The van der Waals surface area contributed by atoms with Gasteiger partial charge in [0.1, 0.15) is 15.7 Å². The van der Waals surface area contributed by atoms with Crippen LogP contribution in [0.1, 0.15) is 35.1 Å². The number of aliphatic imine (C=N–C) groups is 1. The summed E-state index contributed by atoms with van der Waals surface area (Å²) in [4.78, 5) is 18.4. The first-order valence-corrected chi connectivity index (χ1v) is 13.4. The van der Waals surface area contributed by atoms with Gasteiger partial charge in [-0.05, 0) is 67.4 Å². The number of amides is 1. The number of amidine groups is 1. The van der Waals surface area contributed by atoms with E-state index >= 15 is 0 Å². The molecule has 5 rings (SSSR count). The van der Waals surface area contributed by atoms with Gasteiger partial charge in [-0.3, -0.25) is 9.48 Å². The maximum absolute atomic E-state index is 13.6. The van der Waals surface area contributed by atoms with Gasteiger partial charge in [-0.2, -0.15) is 36.4 Å². The number of rotatable bonds is 4. The molecule has 3 heterocycles. The molecule has 0 saturated carbocycles. The molecule has 0 bridgehead atoms. The van der Waals surface area contributed by atoms with Gasteiger partial charge in [-0.1, -0.05) is 12.1 Å². The van der Waals surface area contributed by atoms with Gasteiger partial charge in [0, 0.05) is 18.5 Å². The topological polar surface area (TPSA) is 79.6 Å². The van der Waals surface area contributed by atoms with Crippen molar-refractivity contribution < 1.29 is 35.3 Å². The summed E-state index contributed by atoms with van der Waals surface area (Å²) in [5, 5.41) is 8.09. The highest BCUT2D eigenvalue weighted by molar-refractivity contribution is 8.05. The van der Waals surface area contributed by atoms with E-state index in [9.17, 15) is 35.3 Å². The highest BCUT2D eigenvalue weighted by Crippen LogP contribution is 2.38. The van der Waals surface area contributed by atoms with Crippen molar-refractivity contribution in [1.82, 2.24) is 20.0 Å². The normalized spacial score (nSPS) is 20.0. The minimum absolute atomic E-state index is 0.0158. The minimum atomic E-state index is -4.99. The Balaban J connectivity index is 1.39. The van der Waals surface area contributed by atoms with Crippen LogP contribution in [-0.4, -0.2) is 56.1 Å². The number of halogens is 6. The zero-order chi connectivity index (χ0) is 28.8. The molecular weight excluding hydrogens is 560 g/mol. The quantitative estimate of drug-likeness (QED) is 0.353. The molecule has 212 valence electrons. The van der Waals surface area contributed by atoms with Crippen LogP contribution >= 0.6 is 0 Å². The summed E-state index contributed by atoms with van der Waals surface area (Å²) >= 11 is 0. The molecule has 0 spiro atoms. The maximum Gasteiger partial charge on any atom is 0.416 e. The summed E-state index contributed by atoms with van der Waals surface area (Å²) in [7, 11) is -0.00774. The third-order valence-electron chi connectivity index (χ3n) is 6.96. The molecule has 40 heavy (non-hydrogen) atoms. The Morgan fingerprint density at radius 3 is 2.48 bits per heavy atom. The smallest absolute Gasteiger partial charge is 0.349 e. The van der Waals surface area contributed by atoms with Crippen LogP contribution in [0.25, 0.3) is 17.0 Å². The average Bonchev–Trinajstić information content (AvgIpc) is 3.43. The Bertz CT molecular complexity index is 1550. The molecule has 1 unspecified atom stereocenters. The summed E-state index contributed by atoms with van der Waals surface area (Å²) in [5.74, 6) is -0.605. The lowest BCUT2D eigenvalue weighted by Gasteiger charge is -2.32. The van der Waals surface area contributed by atoms with E-state index in [1.165, 1.54) is 17.0 Å². The van der Waals surface area contributed by atoms with Gasteiger partial charge in [0.25, 0.3) is 5.91 Å². The van der Waals surface area contributed by atoms with Crippen molar-refractivity contribution in [3.05, 3.63) is 69.8 Å². The third kappa shape index (κ3) is 5.55. The molecule has 1 atom stereocenters. The van der Waals surface area contributed by atoms with Crippen molar-refractivity contribution in [2.24, 2.45) is 4.99 Å². The van der Waals surface area contributed by atoms with Crippen LogP contribution in [0.3, 0.4) is 0 Å². The number of nitrogens with zero attached hydrogens (tertiary/aromatic N) is 4. The molecule has 1 N–H and O–H groups in total. The van der Waals surface area contributed by atoms with Gasteiger partial charge in [-0.15, -0.1) is 0 Å². The van der Waals surface area contributed by atoms with Crippen LogP contribution in [0.2, 0.25) is 0 Å². The highest BCUT2D eigenvalue weighted by atomic mass is 32.2. The van der Waals surface area contributed by atoms with E-state index in [2.05, 4.69) is 15.4 Å². The molecule has 2 aromatic carbocycles. The van der Waals surface area contributed by atoms with Gasteiger partial charge >= 0.3 is 12.4 Å². The molecule has 1 saturated heterocycles. The largest absolute Gasteiger partial charge is 0.416 e. The Morgan fingerprint density at radius 2 is 1.80 bits per heavy atom. The zero-order valence-corrected chi connectivity index (χ0v) is 21.8. The summed E-state index contributed by atoms with van der Waals surface area (Å²) in [6, 6.07) is 6.41. The molecule has 1 aromatic heterocycles. The average molecular weight is 584 g/mol. The third-order valence-corrected chi connectivity index (χ3v) is 8.36. The Morgan fingerprint density at radius 1 is 1.07 bits per heavy atom. The number of benzene rings is 2. The van der Waals surface area contributed by atoms with Crippen LogP contribution in [0, 0.1) is 0 Å². The van der Waals surface area contributed by atoms with Crippen molar-refractivity contribution in [3.8, 4) is 0 Å². The first-order chi connectivity index (χ1) is 18.8. The van der Waals surface area contributed by atoms with Crippen molar-refractivity contribution in [1.29, 1.82) is 0 Å². The number of nitrogens with one attached hydrogen (secondary N) is 1. The van der Waals surface area contributed by atoms with Gasteiger partial charge in [0.2, 0.25) is 5.17 Å². The number of aromatic nitrogens is 2. The second-order valence-electron chi connectivity index (χ2n) is 9.56. The molecule has 3 aromatic rings. The van der Waals surface area contributed by atoms with E-state index in [4.69, 9.17) is 0 Å². The van der Waals surface area contributed by atoms with E-state index < -0.39 is 46.7 Å². The minimum Gasteiger partial charge on any atom is -0.349 e. The summed E-state index contributed by atoms with van der Waals surface area (Å²) in [5.41, 5.74) is -2.21. The van der Waals surface area contributed by atoms with E-state index in [-0.39, 0.29) is 27.7 Å². The first-order valence-electron chi connectivity index (χ1n) is 12.3. The SMILES string of the molecule is CN(C1=NC(=O)C(=Cc2ccc3c(cnn3Cc3ccc(C(F)(F)F)cc3C(F)(F)F)c2)S1=O)C1CCNCC1.